The molecule has 2 rings (SSSR count). The number of nitrogens with zero attached hydrogens (tertiary/aromatic N) is 2. The largest absolute Gasteiger partial charge is 0.399 e. The average Bonchev–Trinajstić information content (AvgIpc) is 2.39. The lowest BCUT2D eigenvalue weighted by Gasteiger charge is -2.35. The smallest absolute Gasteiger partial charge is 0.0400 e. The maximum Gasteiger partial charge on any atom is 0.0400 e. The third kappa shape index (κ3) is 3.05. The zero-order valence-corrected chi connectivity index (χ0v) is 11.4. The molecule has 3 nitrogen and oxygen atoms in total. The second kappa shape index (κ2) is 5.91. The van der Waals surface area contributed by atoms with Gasteiger partial charge in [-0.25, -0.2) is 0 Å². The van der Waals surface area contributed by atoms with E-state index in [0.717, 1.165) is 38.3 Å². The van der Waals surface area contributed by atoms with Crippen LogP contribution in [0.3, 0.4) is 0 Å². The number of piperazine rings is 1. The van der Waals surface area contributed by atoms with E-state index in [0.29, 0.717) is 0 Å². The Kier molecular flexibility index (Phi) is 4.26. The number of nitrogens with two attached hydrogens (primary N) is 1. The van der Waals surface area contributed by atoms with E-state index in [1.807, 2.05) is 12.1 Å². The molecule has 0 amide bonds. The van der Waals surface area contributed by atoms with Crippen LogP contribution in [0.4, 0.5) is 5.69 Å². The van der Waals surface area contributed by atoms with Crippen LogP contribution in [-0.4, -0.2) is 43.0 Å². The maximum atomic E-state index is 5.76. The predicted octanol–water partition coefficient (Wildman–Crippen LogP) is 2.27. The van der Waals surface area contributed by atoms with Crippen molar-refractivity contribution in [2.45, 2.75) is 13.3 Å². The van der Waals surface area contributed by atoms with E-state index in [2.05, 4.69) is 42.0 Å². The van der Waals surface area contributed by atoms with Crippen molar-refractivity contribution >= 4 is 11.4 Å². The van der Waals surface area contributed by atoms with Crippen LogP contribution in [-0.2, 0) is 0 Å². The molecule has 1 aromatic rings. The molecule has 0 aromatic heterocycles. The summed E-state index contributed by atoms with van der Waals surface area (Å²) in [7, 11) is 2.18. The van der Waals surface area contributed by atoms with Gasteiger partial charge in [-0.2, -0.15) is 0 Å². The molecule has 0 aliphatic carbocycles. The predicted molar refractivity (Wildman–Crippen MR) is 78.2 cm³/mol. The Hall–Kier alpha value is -1.48. The first-order chi connectivity index (χ1) is 8.70. The van der Waals surface area contributed by atoms with Gasteiger partial charge in [0.15, 0.2) is 0 Å². The molecule has 1 heterocycles. The molecule has 0 bridgehead atoms. The molecule has 18 heavy (non-hydrogen) atoms. The van der Waals surface area contributed by atoms with Gasteiger partial charge in [-0.15, -0.1) is 0 Å². The van der Waals surface area contributed by atoms with Gasteiger partial charge in [0.05, 0.1) is 0 Å². The van der Waals surface area contributed by atoms with Gasteiger partial charge in [0.25, 0.3) is 0 Å². The molecule has 0 atom stereocenters. The van der Waals surface area contributed by atoms with Gasteiger partial charge in [0, 0.05) is 37.6 Å². The van der Waals surface area contributed by atoms with Crippen molar-refractivity contribution in [2.24, 2.45) is 0 Å². The highest BCUT2D eigenvalue weighted by Gasteiger charge is 2.16. The summed E-state index contributed by atoms with van der Waals surface area (Å²) in [6.45, 7) is 6.67. The molecule has 1 aromatic carbocycles. The first-order valence-electron chi connectivity index (χ1n) is 6.70. The highest BCUT2D eigenvalue weighted by atomic mass is 15.2. The second-order valence-electron chi connectivity index (χ2n) is 4.91. The Morgan fingerprint density at radius 1 is 1.17 bits per heavy atom. The van der Waals surface area contributed by atoms with E-state index >= 15 is 0 Å². The van der Waals surface area contributed by atoms with Crippen LogP contribution < -0.4 is 5.73 Å². The standard InChI is InChI=1S/C15H23N3/c1-3-4-15(13-5-7-14(16)8-6-13)18-11-9-17(2)10-12-18/h4-8H,3,9-12,16H2,1-2H3/b15-4+. The number of likely N-dealkylation sites (N-methyl/N-ethyl adjacent to an activating group) is 1. The molecule has 98 valence electrons. The van der Waals surface area contributed by atoms with Crippen LogP contribution >= 0.6 is 0 Å². The number of nitrogen functional groups attached to an aromatic ring is 1. The van der Waals surface area contributed by atoms with Crippen molar-refractivity contribution < 1.29 is 0 Å². The van der Waals surface area contributed by atoms with Crippen LogP contribution in [0, 0.1) is 0 Å². The number of benzene rings is 1. The van der Waals surface area contributed by atoms with Crippen LogP contribution in [0.5, 0.6) is 0 Å². The molecule has 1 saturated heterocycles. The van der Waals surface area contributed by atoms with Gasteiger partial charge in [0.1, 0.15) is 0 Å². The fourth-order valence-corrected chi connectivity index (χ4v) is 2.32. The van der Waals surface area contributed by atoms with Crippen LogP contribution in [0.2, 0.25) is 0 Å². The van der Waals surface area contributed by atoms with Crippen LogP contribution in [0.1, 0.15) is 18.9 Å². The highest BCUT2D eigenvalue weighted by Crippen LogP contribution is 2.22. The fraction of sp³-hybridized carbons (Fsp3) is 0.467. The van der Waals surface area contributed by atoms with Gasteiger partial charge in [0.2, 0.25) is 0 Å². The van der Waals surface area contributed by atoms with E-state index in [1.54, 1.807) is 0 Å². The molecule has 0 radical (unpaired) electrons. The second-order valence-corrected chi connectivity index (χ2v) is 4.91. The summed E-state index contributed by atoms with van der Waals surface area (Å²) in [5, 5.41) is 0. The molecule has 0 unspecified atom stereocenters. The maximum absolute atomic E-state index is 5.76. The highest BCUT2D eigenvalue weighted by molar-refractivity contribution is 5.65. The van der Waals surface area contributed by atoms with Crippen molar-refractivity contribution in [1.82, 2.24) is 9.80 Å². The van der Waals surface area contributed by atoms with E-state index in [4.69, 9.17) is 5.73 Å². The fourth-order valence-electron chi connectivity index (χ4n) is 2.32. The monoisotopic (exact) mass is 245 g/mol. The van der Waals surface area contributed by atoms with Gasteiger partial charge in [-0.05, 0) is 31.2 Å². The first kappa shape index (κ1) is 13.0. The zero-order chi connectivity index (χ0) is 13.0. The number of anilines is 1. The van der Waals surface area contributed by atoms with Crippen molar-refractivity contribution in [3.8, 4) is 0 Å². The molecule has 1 aliphatic rings. The van der Waals surface area contributed by atoms with E-state index in [9.17, 15) is 0 Å². The van der Waals surface area contributed by atoms with E-state index in [-0.39, 0.29) is 0 Å². The Labute approximate surface area is 110 Å². The first-order valence-corrected chi connectivity index (χ1v) is 6.70. The summed E-state index contributed by atoms with van der Waals surface area (Å²) in [6, 6.07) is 8.20. The molecule has 0 saturated carbocycles. The molecule has 0 spiro atoms. The van der Waals surface area contributed by atoms with E-state index < -0.39 is 0 Å². The summed E-state index contributed by atoms with van der Waals surface area (Å²) in [5.41, 5.74) is 9.21. The SMILES string of the molecule is CC/C=C(\c1ccc(N)cc1)N1CCN(C)CC1. The molecule has 2 N–H and O–H groups in total. The third-order valence-electron chi connectivity index (χ3n) is 3.45. The van der Waals surface area contributed by atoms with Crippen LogP contribution in [0.15, 0.2) is 30.3 Å². The summed E-state index contributed by atoms with van der Waals surface area (Å²) >= 11 is 0. The zero-order valence-electron chi connectivity index (χ0n) is 11.4. The average molecular weight is 245 g/mol. The van der Waals surface area contributed by atoms with Crippen molar-refractivity contribution in [2.75, 3.05) is 39.0 Å². The number of rotatable bonds is 3. The number of allylic oxidation sites excluding steroid dienone is 1. The summed E-state index contributed by atoms with van der Waals surface area (Å²) in [5.74, 6) is 0. The van der Waals surface area contributed by atoms with Crippen molar-refractivity contribution in [3.05, 3.63) is 35.9 Å². The minimum absolute atomic E-state index is 0.827. The lowest BCUT2D eigenvalue weighted by molar-refractivity contribution is 0.207. The Morgan fingerprint density at radius 2 is 1.78 bits per heavy atom. The minimum Gasteiger partial charge on any atom is -0.399 e. The third-order valence-corrected chi connectivity index (χ3v) is 3.45. The number of hydrogen-bond acceptors (Lipinski definition) is 3. The Bertz CT molecular complexity index is 400. The number of hydrogen-bond donors (Lipinski definition) is 1. The normalized spacial score (nSPS) is 18.1. The summed E-state index contributed by atoms with van der Waals surface area (Å²) in [6.07, 6.45) is 3.38. The van der Waals surface area contributed by atoms with Crippen LogP contribution in [0.25, 0.3) is 5.70 Å². The lowest BCUT2D eigenvalue weighted by atomic mass is 10.1. The molecule has 1 fully saturated rings. The van der Waals surface area contributed by atoms with Gasteiger partial charge >= 0.3 is 0 Å². The molecular formula is C15H23N3. The van der Waals surface area contributed by atoms with E-state index in [1.165, 1.54) is 11.3 Å². The lowest BCUT2D eigenvalue weighted by Crippen LogP contribution is -2.43. The molecular weight excluding hydrogens is 222 g/mol. The van der Waals surface area contributed by atoms with Gasteiger partial charge in [-0.3, -0.25) is 0 Å². The summed E-state index contributed by atoms with van der Waals surface area (Å²) in [4.78, 5) is 4.86. The molecule has 3 heteroatoms. The molecule has 1 aliphatic heterocycles. The Balaban J connectivity index is 2.18. The topological polar surface area (TPSA) is 32.5 Å². The van der Waals surface area contributed by atoms with Crippen molar-refractivity contribution in [1.29, 1.82) is 0 Å². The van der Waals surface area contributed by atoms with Gasteiger partial charge < -0.3 is 15.5 Å². The van der Waals surface area contributed by atoms with Gasteiger partial charge in [-0.1, -0.05) is 25.1 Å². The summed E-state index contributed by atoms with van der Waals surface area (Å²) < 4.78 is 0. The Morgan fingerprint density at radius 3 is 2.33 bits per heavy atom. The van der Waals surface area contributed by atoms with Crippen molar-refractivity contribution in [3.63, 3.8) is 0 Å². The quantitative estimate of drug-likeness (QED) is 0.829. The minimum atomic E-state index is 0.827.